The summed E-state index contributed by atoms with van der Waals surface area (Å²) in [6.45, 7) is 3.94. The quantitative estimate of drug-likeness (QED) is 0.830. The molecule has 3 nitrogen and oxygen atoms in total. The molecular formula is C14H21NO2. The minimum Gasteiger partial charge on any atom is -0.385 e. The van der Waals surface area contributed by atoms with Crippen molar-refractivity contribution in [2.45, 2.75) is 25.4 Å². The highest BCUT2D eigenvalue weighted by molar-refractivity contribution is 5.27. The van der Waals surface area contributed by atoms with Crippen LogP contribution in [0.3, 0.4) is 0 Å². The number of ether oxygens (including phenoxy) is 1. The zero-order chi connectivity index (χ0) is 12.3. The van der Waals surface area contributed by atoms with E-state index in [1.54, 1.807) is 0 Å². The van der Waals surface area contributed by atoms with E-state index in [4.69, 9.17) is 10.5 Å². The molecule has 0 amide bonds. The van der Waals surface area contributed by atoms with Gasteiger partial charge in [-0.1, -0.05) is 24.3 Å². The molecule has 1 aromatic rings. The normalized spacial score (nSPS) is 23.6. The zero-order valence-corrected chi connectivity index (χ0v) is 10.4. The van der Waals surface area contributed by atoms with E-state index in [0.717, 1.165) is 25.0 Å². The molecule has 94 valence electrons. The Hall–Kier alpha value is -0.900. The second-order valence-electron chi connectivity index (χ2n) is 4.94. The van der Waals surface area contributed by atoms with Crippen molar-refractivity contribution in [1.82, 2.24) is 0 Å². The fourth-order valence-electron chi connectivity index (χ4n) is 2.39. The van der Waals surface area contributed by atoms with Crippen LogP contribution in [0.5, 0.6) is 0 Å². The van der Waals surface area contributed by atoms with E-state index in [1.165, 1.54) is 5.56 Å². The summed E-state index contributed by atoms with van der Waals surface area (Å²) in [6.07, 6.45) is 1.81. The van der Waals surface area contributed by atoms with Gasteiger partial charge in [0, 0.05) is 12.5 Å². The van der Waals surface area contributed by atoms with Gasteiger partial charge in [-0.25, -0.2) is 0 Å². The minimum absolute atomic E-state index is 0.197. The van der Waals surface area contributed by atoms with Crippen LogP contribution in [0, 0.1) is 5.92 Å². The van der Waals surface area contributed by atoms with Gasteiger partial charge < -0.3 is 15.6 Å². The second-order valence-corrected chi connectivity index (χ2v) is 4.94. The molecule has 0 bridgehead atoms. The molecule has 1 fully saturated rings. The van der Waals surface area contributed by atoms with Gasteiger partial charge in [0.25, 0.3) is 0 Å². The van der Waals surface area contributed by atoms with Crippen LogP contribution in [-0.4, -0.2) is 24.9 Å². The Morgan fingerprint density at radius 2 is 2.12 bits per heavy atom. The van der Waals surface area contributed by atoms with Gasteiger partial charge >= 0.3 is 0 Å². The predicted octanol–water partition coefficient (Wildman–Crippen LogP) is 1.43. The monoisotopic (exact) mass is 235 g/mol. The number of hydrogen-bond donors (Lipinski definition) is 2. The second kappa shape index (κ2) is 5.17. The van der Waals surface area contributed by atoms with Crippen LogP contribution in [0.2, 0.25) is 0 Å². The lowest BCUT2D eigenvalue weighted by molar-refractivity contribution is -0.00971. The molecule has 0 aliphatic carbocycles. The van der Waals surface area contributed by atoms with Crippen molar-refractivity contribution >= 4 is 0 Å². The summed E-state index contributed by atoms with van der Waals surface area (Å²) in [7, 11) is 0. The topological polar surface area (TPSA) is 55.5 Å². The first-order valence-corrected chi connectivity index (χ1v) is 6.24. The smallest absolute Gasteiger partial charge is 0.0919 e. The van der Waals surface area contributed by atoms with E-state index in [2.05, 4.69) is 0 Å². The Morgan fingerprint density at radius 3 is 2.65 bits per heavy atom. The Kier molecular flexibility index (Phi) is 3.82. The number of benzene rings is 1. The van der Waals surface area contributed by atoms with Crippen molar-refractivity contribution in [1.29, 1.82) is 0 Å². The maximum atomic E-state index is 10.6. The third kappa shape index (κ3) is 2.68. The molecule has 1 aromatic carbocycles. The molecule has 0 spiro atoms. The molecular weight excluding hydrogens is 214 g/mol. The third-order valence-electron chi connectivity index (χ3n) is 3.70. The number of hydrogen-bond acceptors (Lipinski definition) is 3. The van der Waals surface area contributed by atoms with Crippen molar-refractivity contribution in [3.8, 4) is 0 Å². The van der Waals surface area contributed by atoms with Crippen LogP contribution in [0.25, 0.3) is 0 Å². The maximum absolute atomic E-state index is 10.6. The van der Waals surface area contributed by atoms with E-state index in [0.29, 0.717) is 13.2 Å². The van der Waals surface area contributed by atoms with Crippen LogP contribution in [0.4, 0.5) is 0 Å². The summed E-state index contributed by atoms with van der Waals surface area (Å²) in [4.78, 5) is 0. The van der Waals surface area contributed by atoms with Crippen LogP contribution in [-0.2, 0) is 16.8 Å². The highest BCUT2D eigenvalue weighted by Crippen LogP contribution is 2.34. The first kappa shape index (κ1) is 12.6. The van der Waals surface area contributed by atoms with Gasteiger partial charge in [0.15, 0.2) is 0 Å². The number of aliphatic hydroxyl groups is 1. The fourth-order valence-corrected chi connectivity index (χ4v) is 2.39. The van der Waals surface area contributed by atoms with E-state index >= 15 is 0 Å². The molecule has 3 N–H and O–H groups in total. The van der Waals surface area contributed by atoms with Crippen LogP contribution in [0.15, 0.2) is 24.3 Å². The maximum Gasteiger partial charge on any atom is 0.0919 e. The lowest BCUT2D eigenvalue weighted by Crippen LogP contribution is -2.32. The summed E-state index contributed by atoms with van der Waals surface area (Å²) in [5, 5.41) is 10.6. The molecule has 1 saturated heterocycles. The van der Waals surface area contributed by atoms with E-state index < -0.39 is 5.60 Å². The van der Waals surface area contributed by atoms with E-state index in [1.807, 2.05) is 31.2 Å². The molecule has 0 saturated carbocycles. The molecule has 17 heavy (non-hydrogen) atoms. The fraction of sp³-hybridized carbons (Fsp3) is 0.571. The lowest BCUT2D eigenvalue weighted by Gasteiger charge is -2.29. The Morgan fingerprint density at radius 1 is 1.41 bits per heavy atom. The van der Waals surface area contributed by atoms with Gasteiger partial charge in [-0.3, -0.25) is 0 Å². The van der Waals surface area contributed by atoms with Gasteiger partial charge in [-0.2, -0.15) is 0 Å². The Labute approximate surface area is 103 Å². The molecule has 1 heterocycles. The molecule has 2 atom stereocenters. The van der Waals surface area contributed by atoms with Gasteiger partial charge in [0.2, 0.25) is 0 Å². The van der Waals surface area contributed by atoms with Crippen molar-refractivity contribution in [3.05, 3.63) is 35.4 Å². The molecule has 2 rings (SSSR count). The van der Waals surface area contributed by atoms with E-state index in [9.17, 15) is 5.11 Å². The van der Waals surface area contributed by atoms with E-state index in [-0.39, 0.29) is 5.92 Å². The van der Waals surface area contributed by atoms with Gasteiger partial charge in [0.1, 0.15) is 0 Å². The van der Waals surface area contributed by atoms with Crippen LogP contribution in [0.1, 0.15) is 24.5 Å². The highest BCUT2D eigenvalue weighted by atomic mass is 16.5. The van der Waals surface area contributed by atoms with Crippen molar-refractivity contribution in [3.63, 3.8) is 0 Å². The molecule has 2 unspecified atom stereocenters. The minimum atomic E-state index is -0.794. The van der Waals surface area contributed by atoms with Crippen LogP contribution >= 0.6 is 0 Å². The standard InChI is InChI=1S/C14H21NO2/c1-14(16,13-7-9-17-10-13)12-4-2-11(3-5-12)6-8-15/h2-5,13,16H,6-10,15H2,1H3. The predicted molar refractivity (Wildman–Crippen MR) is 67.7 cm³/mol. The number of rotatable bonds is 4. The first-order valence-electron chi connectivity index (χ1n) is 6.24. The van der Waals surface area contributed by atoms with Gasteiger partial charge in [-0.05, 0) is 37.4 Å². The largest absolute Gasteiger partial charge is 0.385 e. The molecule has 3 heteroatoms. The molecule has 0 radical (unpaired) electrons. The summed E-state index contributed by atoms with van der Waals surface area (Å²) in [6, 6.07) is 8.10. The van der Waals surface area contributed by atoms with Crippen molar-refractivity contribution in [2.75, 3.05) is 19.8 Å². The Balaban J connectivity index is 2.14. The summed E-state index contributed by atoms with van der Waals surface area (Å²) in [5.41, 5.74) is 6.91. The summed E-state index contributed by atoms with van der Waals surface area (Å²) in [5.74, 6) is 0.197. The van der Waals surface area contributed by atoms with Crippen LogP contribution < -0.4 is 5.73 Å². The Bertz CT molecular complexity index is 353. The third-order valence-corrected chi connectivity index (χ3v) is 3.70. The average Bonchev–Trinajstić information content (AvgIpc) is 2.84. The number of nitrogens with two attached hydrogens (primary N) is 1. The average molecular weight is 235 g/mol. The van der Waals surface area contributed by atoms with Gasteiger partial charge in [-0.15, -0.1) is 0 Å². The van der Waals surface area contributed by atoms with Crippen molar-refractivity contribution < 1.29 is 9.84 Å². The SMILES string of the molecule is CC(O)(c1ccc(CCN)cc1)C1CCOC1. The zero-order valence-electron chi connectivity index (χ0n) is 10.4. The lowest BCUT2D eigenvalue weighted by atomic mass is 9.82. The van der Waals surface area contributed by atoms with Gasteiger partial charge in [0.05, 0.1) is 12.2 Å². The first-order chi connectivity index (χ1) is 8.14. The highest BCUT2D eigenvalue weighted by Gasteiger charge is 2.36. The van der Waals surface area contributed by atoms with Crippen molar-refractivity contribution in [2.24, 2.45) is 11.7 Å². The molecule has 0 aromatic heterocycles. The molecule has 1 aliphatic heterocycles. The summed E-state index contributed by atoms with van der Waals surface area (Å²) < 4.78 is 5.35. The summed E-state index contributed by atoms with van der Waals surface area (Å²) >= 11 is 0. The molecule has 1 aliphatic rings.